The van der Waals surface area contributed by atoms with Gasteiger partial charge in [0.15, 0.2) is 0 Å². The van der Waals surface area contributed by atoms with Crippen molar-refractivity contribution in [3.8, 4) is 0 Å². The molecule has 0 saturated heterocycles. The average Bonchev–Trinajstić information content (AvgIpc) is 1.67. The molecular formula is C4H8F2OS. The molecule has 0 amide bonds. The van der Waals surface area contributed by atoms with Crippen molar-refractivity contribution in [2.45, 2.75) is 12.3 Å². The number of halogens is 2. The van der Waals surface area contributed by atoms with Crippen LogP contribution in [0.2, 0.25) is 0 Å². The standard InChI is InChI=1S/C4H8F2OS/c5-4(6,3-8)1-2-7/h7-8H,1-3H2. The van der Waals surface area contributed by atoms with Gasteiger partial charge in [0.05, 0.1) is 5.75 Å². The van der Waals surface area contributed by atoms with E-state index in [1.807, 2.05) is 0 Å². The third-order valence-corrected chi connectivity index (χ3v) is 1.17. The summed E-state index contributed by atoms with van der Waals surface area (Å²) in [5, 5.41) is 8.02. The molecule has 0 bridgehead atoms. The van der Waals surface area contributed by atoms with E-state index < -0.39 is 24.7 Å². The maximum atomic E-state index is 11.9. The van der Waals surface area contributed by atoms with Crippen LogP contribution in [0.3, 0.4) is 0 Å². The summed E-state index contributed by atoms with van der Waals surface area (Å²) in [7, 11) is 0. The third-order valence-electron chi connectivity index (χ3n) is 0.709. The summed E-state index contributed by atoms with van der Waals surface area (Å²) in [6, 6.07) is 0. The predicted molar refractivity (Wildman–Crippen MR) is 30.5 cm³/mol. The van der Waals surface area contributed by atoms with Gasteiger partial charge < -0.3 is 5.11 Å². The average molecular weight is 142 g/mol. The molecule has 0 aromatic heterocycles. The van der Waals surface area contributed by atoms with Crippen LogP contribution in [0.25, 0.3) is 0 Å². The predicted octanol–water partition coefficient (Wildman–Crippen LogP) is 0.934. The first-order valence-electron chi connectivity index (χ1n) is 2.22. The van der Waals surface area contributed by atoms with Crippen LogP contribution in [0.1, 0.15) is 6.42 Å². The Kier molecular flexibility index (Phi) is 3.31. The lowest BCUT2D eigenvalue weighted by atomic mass is 10.3. The molecule has 0 heterocycles. The number of thiol groups is 1. The van der Waals surface area contributed by atoms with Crippen molar-refractivity contribution >= 4 is 12.6 Å². The minimum atomic E-state index is -2.79. The largest absolute Gasteiger partial charge is 0.396 e. The van der Waals surface area contributed by atoms with Crippen LogP contribution in [0.15, 0.2) is 0 Å². The minimum Gasteiger partial charge on any atom is -0.396 e. The molecule has 0 atom stereocenters. The quantitative estimate of drug-likeness (QED) is 0.562. The Morgan fingerprint density at radius 1 is 1.50 bits per heavy atom. The van der Waals surface area contributed by atoms with Crippen LogP contribution in [0.4, 0.5) is 8.78 Å². The second-order valence-corrected chi connectivity index (χ2v) is 1.80. The molecular weight excluding hydrogens is 134 g/mol. The molecule has 1 N–H and O–H groups in total. The molecule has 0 fully saturated rings. The molecule has 4 heteroatoms. The first-order chi connectivity index (χ1) is 3.62. The van der Waals surface area contributed by atoms with E-state index in [9.17, 15) is 8.78 Å². The summed E-state index contributed by atoms with van der Waals surface area (Å²) in [6.07, 6.45) is -0.490. The van der Waals surface area contributed by atoms with Crippen molar-refractivity contribution in [1.29, 1.82) is 0 Å². The second-order valence-electron chi connectivity index (χ2n) is 1.49. The monoisotopic (exact) mass is 142 g/mol. The van der Waals surface area contributed by atoms with E-state index >= 15 is 0 Å². The summed E-state index contributed by atoms with van der Waals surface area (Å²) in [5.41, 5.74) is 0. The van der Waals surface area contributed by atoms with E-state index in [1.54, 1.807) is 0 Å². The van der Waals surface area contributed by atoms with Crippen LogP contribution in [-0.2, 0) is 0 Å². The zero-order chi connectivity index (χ0) is 6.62. The van der Waals surface area contributed by atoms with Crippen LogP contribution in [-0.4, -0.2) is 23.4 Å². The molecule has 50 valence electrons. The topological polar surface area (TPSA) is 20.2 Å². The van der Waals surface area contributed by atoms with Crippen LogP contribution in [0, 0.1) is 0 Å². The van der Waals surface area contributed by atoms with E-state index in [1.165, 1.54) is 0 Å². The van der Waals surface area contributed by atoms with E-state index in [4.69, 9.17) is 5.11 Å². The number of rotatable bonds is 3. The fraction of sp³-hybridized carbons (Fsp3) is 1.00. The van der Waals surface area contributed by atoms with E-state index in [2.05, 4.69) is 12.6 Å². The van der Waals surface area contributed by atoms with Gasteiger partial charge in [0.2, 0.25) is 0 Å². The highest BCUT2D eigenvalue weighted by Gasteiger charge is 2.25. The van der Waals surface area contributed by atoms with Crippen LogP contribution >= 0.6 is 12.6 Å². The van der Waals surface area contributed by atoms with Crippen molar-refractivity contribution in [3.63, 3.8) is 0 Å². The Hall–Kier alpha value is 0.170. The minimum absolute atomic E-state index is 0.479. The highest BCUT2D eigenvalue weighted by Crippen LogP contribution is 2.18. The van der Waals surface area contributed by atoms with E-state index in [0.29, 0.717) is 0 Å². The Morgan fingerprint density at radius 3 is 2.12 bits per heavy atom. The fourth-order valence-corrected chi connectivity index (χ4v) is 0.401. The maximum absolute atomic E-state index is 11.9. The van der Waals surface area contributed by atoms with Gasteiger partial charge in [-0.15, -0.1) is 0 Å². The number of aliphatic hydroxyl groups is 1. The number of aliphatic hydroxyl groups excluding tert-OH is 1. The number of alkyl halides is 2. The summed E-state index contributed by atoms with van der Waals surface area (Å²) in [6.45, 7) is -0.479. The summed E-state index contributed by atoms with van der Waals surface area (Å²) >= 11 is 3.37. The lowest BCUT2D eigenvalue weighted by Crippen LogP contribution is -2.19. The molecule has 0 aliphatic heterocycles. The molecule has 0 spiro atoms. The fourth-order valence-electron chi connectivity index (χ4n) is 0.243. The van der Waals surface area contributed by atoms with Gasteiger partial charge in [0.25, 0.3) is 5.92 Å². The number of hydrogen-bond donors (Lipinski definition) is 2. The highest BCUT2D eigenvalue weighted by molar-refractivity contribution is 7.80. The van der Waals surface area contributed by atoms with Crippen molar-refractivity contribution in [2.24, 2.45) is 0 Å². The SMILES string of the molecule is OCCC(F)(F)CS. The molecule has 0 rings (SSSR count). The second kappa shape index (κ2) is 3.25. The zero-order valence-corrected chi connectivity index (χ0v) is 5.17. The molecule has 0 aliphatic rings. The van der Waals surface area contributed by atoms with Gasteiger partial charge in [-0.3, -0.25) is 0 Å². The lowest BCUT2D eigenvalue weighted by Gasteiger charge is -2.09. The summed E-state index contributed by atoms with van der Waals surface area (Å²) in [5.74, 6) is -3.29. The smallest absolute Gasteiger partial charge is 0.258 e. The molecule has 8 heavy (non-hydrogen) atoms. The first kappa shape index (κ1) is 8.17. The third kappa shape index (κ3) is 3.21. The Bertz CT molecular complexity index is 67.1. The molecule has 0 saturated carbocycles. The first-order valence-corrected chi connectivity index (χ1v) is 2.85. The Balaban J connectivity index is 3.37. The van der Waals surface area contributed by atoms with Gasteiger partial charge in [0.1, 0.15) is 0 Å². The molecule has 0 unspecified atom stereocenters. The molecule has 0 radical (unpaired) electrons. The number of hydrogen-bond acceptors (Lipinski definition) is 2. The van der Waals surface area contributed by atoms with E-state index in [0.717, 1.165) is 0 Å². The normalized spacial score (nSPS) is 12.0. The Morgan fingerprint density at radius 2 is 2.00 bits per heavy atom. The highest BCUT2D eigenvalue weighted by atomic mass is 32.1. The van der Waals surface area contributed by atoms with Crippen molar-refractivity contribution < 1.29 is 13.9 Å². The molecule has 0 aromatic rings. The van der Waals surface area contributed by atoms with Crippen molar-refractivity contribution in [1.82, 2.24) is 0 Å². The van der Waals surface area contributed by atoms with Crippen molar-refractivity contribution in [2.75, 3.05) is 12.4 Å². The zero-order valence-electron chi connectivity index (χ0n) is 4.27. The van der Waals surface area contributed by atoms with Crippen molar-refractivity contribution in [3.05, 3.63) is 0 Å². The van der Waals surface area contributed by atoms with Crippen LogP contribution < -0.4 is 0 Å². The van der Waals surface area contributed by atoms with Gasteiger partial charge in [-0.25, -0.2) is 8.78 Å². The van der Waals surface area contributed by atoms with Gasteiger partial charge in [-0.05, 0) is 0 Å². The molecule has 0 aromatic carbocycles. The molecule has 0 aliphatic carbocycles. The van der Waals surface area contributed by atoms with Gasteiger partial charge >= 0.3 is 0 Å². The van der Waals surface area contributed by atoms with Gasteiger partial charge in [-0.1, -0.05) is 0 Å². The maximum Gasteiger partial charge on any atom is 0.258 e. The van der Waals surface area contributed by atoms with Crippen LogP contribution in [0.5, 0.6) is 0 Å². The lowest BCUT2D eigenvalue weighted by molar-refractivity contribution is 0.00318. The Labute approximate surface area is 52.1 Å². The van der Waals surface area contributed by atoms with E-state index in [-0.39, 0.29) is 0 Å². The molecule has 1 nitrogen and oxygen atoms in total. The van der Waals surface area contributed by atoms with Gasteiger partial charge in [-0.2, -0.15) is 12.6 Å². The summed E-state index contributed by atoms with van der Waals surface area (Å²) in [4.78, 5) is 0. The van der Waals surface area contributed by atoms with Gasteiger partial charge in [0, 0.05) is 13.0 Å². The summed E-state index contributed by atoms with van der Waals surface area (Å²) < 4.78 is 23.8.